The zero-order valence-electron chi connectivity index (χ0n) is 10.0. The summed E-state index contributed by atoms with van der Waals surface area (Å²) in [5.41, 5.74) is 11.7. The second-order valence-electron chi connectivity index (χ2n) is 4.07. The molecule has 0 aliphatic carbocycles. The summed E-state index contributed by atoms with van der Waals surface area (Å²) in [6, 6.07) is 4.90. The Morgan fingerprint density at radius 3 is 2.79 bits per heavy atom. The van der Waals surface area contributed by atoms with E-state index in [9.17, 15) is 13.2 Å². The van der Waals surface area contributed by atoms with Gasteiger partial charge in [-0.3, -0.25) is 4.79 Å². The number of hydrogen-bond donors (Lipinski definition) is 4. The van der Waals surface area contributed by atoms with Gasteiger partial charge in [-0.2, -0.15) is 0 Å². The van der Waals surface area contributed by atoms with Crippen molar-refractivity contribution >= 4 is 32.5 Å². The van der Waals surface area contributed by atoms with Crippen molar-refractivity contribution in [2.75, 3.05) is 12.3 Å². The minimum Gasteiger partial charge on any atom is -0.399 e. The molecule has 0 spiro atoms. The van der Waals surface area contributed by atoms with Crippen LogP contribution in [-0.4, -0.2) is 25.9 Å². The SMILES string of the molecule is NC(=O)CCNS(=O)(=O)c1c[nH]c2cc(N)ccc12. The summed E-state index contributed by atoms with van der Waals surface area (Å²) < 4.78 is 26.4. The molecule has 0 saturated carbocycles. The number of hydrogen-bond acceptors (Lipinski definition) is 4. The van der Waals surface area contributed by atoms with Gasteiger partial charge in [0.1, 0.15) is 4.90 Å². The summed E-state index contributed by atoms with van der Waals surface area (Å²) in [6.45, 7) is -0.0285. The smallest absolute Gasteiger partial charge is 0.242 e. The number of sulfonamides is 1. The first-order valence-electron chi connectivity index (χ1n) is 5.55. The summed E-state index contributed by atoms with van der Waals surface area (Å²) in [6.07, 6.45) is 1.34. The summed E-state index contributed by atoms with van der Waals surface area (Å²) in [5.74, 6) is -0.561. The number of H-pyrrole nitrogens is 1. The van der Waals surface area contributed by atoms with Crippen molar-refractivity contribution in [1.82, 2.24) is 9.71 Å². The predicted molar refractivity (Wildman–Crippen MR) is 71.7 cm³/mol. The van der Waals surface area contributed by atoms with Gasteiger partial charge in [0.05, 0.1) is 0 Å². The number of aromatic amines is 1. The molecule has 19 heavy (non-hydrogen) atoms. The number of carbonyl (C=O) groups is 1. The van der Waals surface area contributed by atoms with Gasteiger partial charge in [0, 0.05) is 35.8 Å². The molecule has 6 N–H and O–H groups in total. The Morgan fingerprint density at radius 2 is 2.11 bits per heavy atom. The maximum Gasteiger partial charge on any atom is 0.242 e. The first-order chi connectivity index (χ1) is 8.90. The van der Waals surface area contributed by atoms with Crippen LogP contribution >= 0.6 is 0 Å². The van der Waals surface area contributed by atoms with E-state index in [1.165, 1.54) is 6.20 Å². The van der Waals surface area contributed by atoms with Gasteiger partial charge < -0.3 is 16.5 Å². The van der Waals surface area contributed by atoms with E-state index in [0.717, 1.165) is 0 Å². The topological polar surface area (TPSA) is 131 Å². The third kappa shape index (κ3) is 2.85. The normalized spacial score (nSPS) is 11.8. The molecule has 2 rings (SSSR count). The number of aromatic nitrogens is 1. The number of nitrogens with two attached hydrogens (primary N) is 2. The molecule has 7 nitrogen and oxygen atoms in total. The van der Waals surface area contributed by atoms with E-state index in [4.69, 9.17) is 11.5 Å². The molecule has 102 valence electrons. The molecular formula is C11H14N4O3S. The van der Waals surface area contributed by atoms with Crippen molar-refractivity contribution in [2.24, 2.45) is 5.73 Å². The van der Waals surface area contributed by atoms with E-state index >= 15 is 0 Å². The number of carbonyl (C=O) groups excluding carboxylic acids is 1. The molecule has 0 atom stereocenters. The van der Waals surface area contributed by atoms with Gasteiger partial charge in [-0.05, 0) is 18.2 Å². The van der Waals surface area contributed by atoms with E-state index < -0.39 is 15.9 Å². The number of benzene rings is 1. The lowest BCUT2D eigenvalue weighted by Crippen LogP contribution is -2.27. The van der Waals surface area contributed by atoms with Crippen LogP contribution < -0.4 is 16.2 Å². The number of nitrogen functional groups attached to an aromatic ring is 1. The Morgan fingerprint density at radius 1 is 1.37 bits per heavy atom. The fourth-order valence-electron chi connectivity index (χ4n) is 1.73. The van der Waals surface area contributed by atoms with E-state index in [2.05, 4.69) is 9.71 Å². The fourth-order valence-corrected chi connectivity index (χ4v) is 2.93. The van der Waals surface area contributed by atoms with Crippen LogP contribution in [0.1, 0.15) is 6.42 Å². The van der Waals surface area contributed by atoms with Crippen LogP contribution in [0.4, 0.5) is 5.69 Å². The van der Waals surface area contributed by atoms with Crippen molar-refractivity contribution < 1.29 is 13.2 Å². The van der Waals surface area contributed by atoms with Gasteiger partial charge in [0.2, 0.25) is 15.9 Å². The molecule has 0 radical (unpaired) electrons. The molecule has 1 amide bonds. The van der Waals surface area contributed by atoms with Crippen molar-refractivity contribution in [3.8, 4) is 0 Å². The molecule has 2 aromatic rings. The van der Waals surface area contributed by atoms with Gasteiger partial charge >= 0.3 is 0 Å². The second kappa shape index (κ2) is 4.90. The summed E-state index contributed by atoms with van der Waals surface area (Å²) in [7, 11) is -3.68. The van der Waals surface area contributed by atoms with Crippen LogP contribution in [0.25, 0.3) is 10.9 Å². The van der Waals surface area contributed by atoms with Gasteiger partial charge in [0.25, 0.3) is 0 Å². The van der Waals surface area contributed by atoms with E-state index in [1.807, 2.05) is 0 Å². The predicted octanol–water partition coefficient (Wildman–Crippen LogP) is -0.0962. The van der Waals surface area contributed by atoms with E-state index in [1.54, 1.807) is 18.2 Å². The lowest BCUT2D eigenvalue weighted by molar-refractivity contribution is -0.117. The Balaban J connectivity index is 2.30. The average Bonchev–Trinajstić information content (AvgIpc) is 2.71. The fraction of sp³-hybridized carbons (Fsp3) is 0.182. The third-order valence-corrected chi connectivity index (χ3v) is 4.12. The lowest BCUT2D eigenvalue weighted by Gasteiger charge is -2.04. The quantitative estimate of drug-likeness (QED) is 0.570. The number of anilines is 1. The second-order valence-corrected chi connectivity index (χ2v) is 5.81. The van der Waals surface area contributed by atoms with Crippen molar-refractivity contribution in [2.45, 2.75) is 11.3 Å². The molecule has 0 fully saturated rings. The highest BCUT2D eigenvalue weighted by molar-refractivity contribution is 7.89. The molecule has 0 aliphatic rings. The molecule has 1 aromatic heterocycles. The Hall–Kier alpha value is -2.06. The largest absolute Gasteiger partial charge is 0.399 e. The van der Waals surface area contributed by atoms with Gasteiger partial charge in [0.15, 0.2) is 0 Å². The molecule has 0 aliphatic heterocycles. The highest BCUT2D eigenvalue weighted by Gasteiger charge is 2.18. The first-order valence-corrected chi connectivity index (χ1v) is 7.03. The van der Waals surface area contributed by atoms with Crippen LogP contribution in [0.5, 0.6) is 0 Å². The molecule has 0 unspecified atom stereocenters. The minimum absolute atomic E-state index is 0.0285. The zero-order valence-corrected chi connectivity index (χ0v) is 10.8. The number of nitrogens with one attached hydrogen (secondary N) is 2. The van der Waals surface area contributed by atoms with Crippen LogP contribution in [-0.2, 0) is 14.8 Å². The van der Waals surface area contributed by atoms with Gasteiger partial charge in [-0.1, -0.05) is 0 Å². The Bertz CT molecular complexity index is 721. The van der Waals surface area contributed by atoms with Gasteiger partial charge in [-0.15, -0.1) is 0 Å². The summed E-state index contributed by atoms with van der Waals surface area (Å²) in [4.78, 5) is 13.5. The van der Waals surface area contributed by atoms with Gasteiger partial charge in [-0.25, -0.2) is 13.1 Å². The number of primary amides is 1. The monoisotopic (exact) mass is 282 g/mol. The molecular weight excluding hydrogens is 268 g/mol. The summed E-state index contributed by atoms with van der Waals surface area (Å²) in [5, 5.41) is 0.542. The number of fused-ring (bicyclic) bond motifs is 1. The molecule has 0 saturated heterocycles. The van der Waals surface area contributed by atoms with Crippen molar-refractivity contribution in [3.05, 3.63) is 24.4 Å². The van der Waals surface area contributed by atoms with Crippen molar-refractivity contribution in [1.29, 1.82) is 0 Å². The average molecular weight is 282 g/mol. The maximum atomic E-state index is 12.1. The van der Waals surface area contributed by atoms with Crippen LogP contribution in [0.2, 0.25) is 0 Å². The molecule has 1 aromatic carbocycles. The third-order valence-electron chi connectivity index (χ3n) is 2.62. The molecule has 1 heterocycles. The lowest BCUT2D eigenvalue weighted by atomic mass is 10.2. The Kier molecular flexibility index (Phi) is 3.45. The molecule has 0 bridgehead atoms. The highest BCUT2D eigenvalue weighted by Crippen LogP contribution is 2.24. The van der Waals surface area contributed by atoms with Crippen LogP contribution in [0.15, 0.2) is 29.3 Å². The van der Waals surface area contributed by atoms with Crippen molar-refractivity contribution in [3.63, 3.8) is 0 Å². The zero-order chi connectivity index (χ0) is 14.0. The number of rotatable bonds is 5. The van der Waals surface area contributed by atoms with E-state index in [-0.39, 0.29) is 17.9 Å². The summed E-state index contributed by atoms with van der Waals surface area (Å²) >= 11 is 0. The van der Waals surface area contributed by atoms with E-state index in [0.29, 0.717) is 16.6 Å². The first kappa shape index (κ1) is 13.4. The highest BCUT2D eigenvalue weighted by atomic mass is 32.2. The number of amides is 1. The maximum absolute atomic E-state index is 12.1. The minimum atomic E-state index is -3.68. The van der Waals surface area contributed by atoms with Crippen LogP contribution in [0.3, 0.4) is 0 Å². The standard InChI is InChI=1S/C11H14N4O3S/c12-7-1-2-8-9(5-7)14-6-10(8)19(17,18)15-4-3-11(13)16/h1-2,5-6,14-15H,3-4,12H2,(H2,13,16). The molecule has 8 heteroatoms. The Labute approximate surface area is 110 Å². The van der Waals surface area contributed by atoms with Crippen LogP contribution in [0, 0.1) is 0 Å².